The van der Waals surface area contributed by atoms with Crippen molar-refractivity contribution in [3.8, 4) is 11.5 Å². The molecule has 0 spiro atoms. The predicted molar refractivity (Wildman–Crippen MR) is 112 cm³/mol. The standard InChI is InChI=1S/C21H25N3O4.ClH/c1-27-19-7-5-15(12-20(19)28-2)18(25)6-8-21(26)24-11-10-23-14-17(24)16-4-3-9-22-13-16;/h3-5,7,9,12-13,17,23H,6,8,10-11,14H2,1-2H3;1H. The smallest absolute Gasteiger partial charge is 0.223 e. The van der Waals surface area contributed by atoms with E-state index in [2.05, 4.69) is 10.3 Å². The number of rotatable bonds is 7. The second-order valence-electron chi connectivity index (χ2n) is 6.59. The van der Waals surface area contributed by atoms with E-state index in [-0.39, 0.29) is 43.0 Å². The van der Waals surface area contributed by atoms with Gasteiger partial charge in [0.05, 0.1) is 20.3 Å². The number of Topliss-reactive ketones (excluding diaryl/α,β-unsaturated/α-hetero) is 1. The Morgan fingerprint density at radius 3 is 2.66 bits per heavy atom. The third-order valence-corrected chi connectivity index (χ3v) is 4.90. The molecule has 1 aromatic carbocycles. The summed E-state index contributed by atoms with van der Waals surface area (Å²) in [6, 6.07) is 8.81. The number of hydrogen-bond acceptors (Lipinski definition) is 6. The van der Waals surface area contributed by atoms with Gasteiger partial charge in [0.2, 0.25) is 5.91 Å². The molecule has 0 radical (unpaired) electrons. The monoisotopic (exact) mass is 419 g/mol. The topological polar surface area (TPSA) is 80.8 Å². The molecule has 0 bridgehead atoms. The molecule has 7 nitrogen and oxygen atoms in total. The van der Waals surface area contributed by atoms with Crippen molar-refractivity contribution in [2.45, 2.75) is 18.9 Å². The molecule has 1 amide bonds. The summed E-state index contributed by atoms with van der Waals surface area (Å²) < 4.78 is 10.4. The highest BCUT2D eigenvalue weighted by atomic mass is 35.5. The number of pyridine rings is 1. The first-order valence-corrected chi connectivity index (χ1v) is 9.29. The number of carbonyl (C=O) groups is 2. The number of methoxy groups -OCH3 is 2. The molecule has 8 heteroatoms. The Morgan fingerprint density at radius 2 is 1.97 bits per heavy atom. The van der Waals surface area contributed by atoms with Gasteiger partial charge in [-0.05, 0) is 29.8 Å². The van der Waals surface area contributed by atoms with Crippen LogP contribution in [0.15, 0.2) is 42.7 Å². The number of benzene rings is 1. The summed E-state index contributed by atoms with van der Waals surface area (Å²) in [4.78, 5) is 31.4. The summed E-state index contributed by atoms with van der Waals surface area (Å²) >= 11 is 0. The molecule has 29 heavy (non-hydrogen) atoms. The lowest BCUT2D eigenvalue weighted by Crippen LogP contribution is -2.48. The van der Waals surface area contributed by atoms with Crippen molar-refractivity contribution < 1.29 is 19.1 Å². The van der Waals surface area contributed by atoms with Crippen LogP contribution < -0.4 is 14.8 Å². The fourth-order valence-corrected chi connectivity index (χ4v) is 3.39. The van der Waals surface area contributed by atoms with Gasteiger partial charge >= 0.3 is 0 Å². The van der Waals surface area contributed by atoms with Crippen molar-refractivity contribution in [1.82, 2.24) is 15.2 Å². The van der Waals surface area contributed by atoms with Gasteiger partial charge in [0.25, 0.3) is 0 Å². The van der Waals surface area contributed by atoms with Crippen LogP contribution in [0.1, 0.15) is 34.8 Å². The first kappa shape index (κ1) is 22.6. The molecular formula is C21H26ClN3O4. The largest absolute Gasteiger partial charge is 0.493 e. The van der Waals surface area contributed by atoms with Crippen LogP contribution in [0.25, 0.3) is 0 Å². The van der Waals surface area contributed by atoms with Gasteiger partial charge in [0.1, 0.15) is 0 Å². The highest BCUT2D eigenvalue weighted by molar-refractivity contribution is 5.98. The lowest BCUT2D eigenvalue weighted by molar-refractivity contribution is -0.134. The maximum absolute atomic E-state index is 12.8. The van der Waals surface area contributed by atoms with Crippen molar-refractivity contribution >= 4 is 24.1 Å². The van der Waals surface area contributed by atoms with E-state index >= 15 is 0 Å². The summed E-state index contributed by atoms with van der Waals surface area (Å²) in [7, 11) is 3.07. The molecule has 1 N–H and O–H groups in total. The average molecular weight is 420 g/mol. The van der Waals surface area contributed by atoms with Gasteiger partial charge in [0, 0.05) is 50.4 Å². The van der Waals surface area contributed by atoms with Crippen molar-refractivity contribution in [3.05, 3.63) is 53.9 Å². The summed E-state index contributed by atoms with van der Waals surface area (Å²) in [5, 5.41) is 3.32. The van der Waals surface area contributed by atoms with Crippen molar-refractivity contribution in [2.75, 3.05) is 33.9 Å². The molecule has 2 aromatic rings. The zero-order chi connectivity index (χ0) is 19.9. The molecule has 156 valence electrons. The normalized spacial score (nSPS) is 15.9. The van der Waals surface area contributed by atoms with Crippen LogP contribution in [0.5, 0.6) is 11.5 Å². The molecule has 1 aromatic heterocycles. The molecule has 3 rings (SSSR count). The number of nitrogens with zero attached hydrogens (tertiary/aromatic N) is 2. The summed E-state index contributed by atoms with van der Waals surface area (Å²) in [5.74, 6) is 0.945. The van der Waals surface area contributed by atoms with E-state index in [1.54, 1.807) is 37.7 Å². The Bertz CT molecular complexity index is 832. The Labute approximate surface area is 176 Å². The number of carbonyl (C=O) groups excluding carboxylic acids is 2. The molecule has 1 fully saturated rings. The SMILES string of the molecule is COc1ccc(C(=O)CCC(=O)N2CCNCC2c2cccnc2)cc1OC.Cl. The van der Waals surface area contributed by atoms with E-state index in [1.165, 1.54) is 7.11 Å². The second kappa shape index (κ2) is 10.8. The maximum atomic E-state index is 12.8. The lowest BCUT2D eigenvalue weighted by Gasteiger charge is -2.36. The molecule has 0 saturated carbocycles. The fourth-order valence-electron chi connectivity index (χ4n) is 3.39. The number of hydrogen-bond donors (Lipinski definition) is 1. The molecule has 1 unspecified atom stereocenters. The Balaban J connectivity index is 0.00000300. The number of piperazine rings is 1. The van der Waals surface area contributed by atoms with E-state index in [9.17, 15) is 9.59 Å². The number of aromatic nitrogens is 1. The van der Waals surface area contributed by atoms with Crippen LogP contribution in [0, 0.1) is 0 Å². The molecule has 0 aliphatic carbocycles. The number of halogens is 1. The quantitative estimate of drug-likeness (QED) is 0.695. The number of amides is 1. The summed E-state index contributed by atoms with van der Waals surface area (Å²) in [6.07, 6.45) is 3.82. The van der Waals surface area contributed by atoms with E-state index < -0.39 is 0 Å². The Morgan fingerprint density at radius 1 is 1.17 bits per heavy atom. The highest BCUT2D eigenvalue weighted by Crippen LogP contribution is 2.28. The lowest BCUT2D eigenvalue weighted by atomic mass is 10.0. The number of ketones is 1. The fraction of sp³-hybridized carbons (Fsp3) is 0.381. The molecule has 2 heterocycles. The zero-order valence-corrected chi connectivity index (χ0v) is 17.4. The van der Waals surface area contributed by atoms with Crippen molar-refractivity contribution in [3.63, 3.8) is 0 Å². The van der Waals surface area contributed by atoms with E-state index in [4.69, 9.17) is 9.47 Å². The predicted octanol–water partition coefficient (Wildman–Crippen LogP) is 2.66. The van der Waals surface area contributed by atoms with E-state index in [0.29, 0.717) is 30.2 Å². The van der Waals surface area contributed by atoms with Gasteiger partial charge < -0.3 is 19.7 Å². The molecular weight excluding hydrogens is 394 g/mol. The zero-order valence-electron chi connectivity index (χ0n) is 16.6. The van der Waals surface area contributed by atoms with E-state index in [0.717, 1.165) is 12.1 Å². The van der Waals surface area contributed by atoms with E-state index in [1.807, 2.05) is 17.0 Å². The Kier molecular flexibility index (Phi) is 8.42. The third kappa shape index (κ3) is 5.46. The van der Waals surface area contributed by atoms with Crippen LogP contribution in [-0.4, -0.2) is 55.4 Å². The minimum Gasteiger partial charge on any atom is -0.493 e. The van der Waals surface area contributed by atoms with Crippen LogP contribution in [0.3, 0.4) is 0 Å². The van der Waals surface area contributed by atoms with Gasteiger partial charge in [-0.2, -0.15) is 0 Å². The van der Waals surface area contributed by atoms with Gasteiger partial charge in [-0.3, -0.25) is 14.6 Å². The minimum atomic E-state index is -0.0950. The molecule has 1 saturated heterocycles. The van der Waals surface area contributed by atoms with Crippen LogP contribution in [0.4, 0.5) is 0 Å². The summed E-state index contributed by atoms with van der Waals surface area (Å²) in [6.45, 7) is 2.04. The van der Waals surface area contributed by atoms with Crippen molar-refractivity contribution in [2.24, 2.45) is 0 Å². The number of ether oxygens (including phenoxy) is 2. The van der Waals surface area contributed by atoms with Gasteiger partial charge in [-0.1, -0.05) is 6.07 Å². The minimum absolute atomic E-state index is 0. The molecule has 1 aliphatic heterocycles. The summed E-state index contributed by atoms with van der Waals surface area (Å²) in [5.41, 5.74) is 1.50. The van der Waals surface area contributed by atoms with Gasteiger partial charge in [0.15, 0.2) is 17.3 Å². The van der Waals surface area contributed by atoms with Gasteiger partial charge in [-0.25, -0.2) is 0 Å². The van der Waals surface area contributed by atoms with Gasteiger partial charge in [-0.15, -0.1) is 12.4 Å². The first-order valence-electron chi connectivity index (χ1n) is 9.29. The molecule has 1 atom stereocenters. The Hall–Kier alpha value is -2.64. The van der Waals surface area contributed by atoms with Crippen LogP contribution in [0.2, 0.25) is 0 Å². The number of nitrogens with one attached hydrogen (secondary N) is 1. The molecule has 1 aliphatic rings. The maximum Gasteiger partial charge on any atom is 0.223 e. The van der Waals surface area contributed by atoms with Crippen LogP contribution >= 0.6 is 12.4 Å². The highest BCUT2D eigenvalue weighted by Gasteiger charge is 2.28. The second-order valence-corrected chi connectivity index (χ2v) is 6.59. The van der Waals surface area contributed by atoms with Crippen molar-refractivity contribution in [1.29, 1.82) is 0 Å². The third-order valence-electron chi connectivity index (χ3n) is 4.90. The van der Waals surface area contributed by atoms with Crippen LogP contribution in [-0.2, 0) is 4.79 Å². The first-order chi connectivity index (χ1) is 13.6. The average Bonchev–Trinajstić information content (AvgIpc) is 2.77.